The van der Waals surface area contributed by atoms with Crippen molar-refractivity contribution in [1.82, 2.24) is 19.7 Å². The number of hydrogen-bond donors (Lipinski definition) is 2. The predicted octanol–water partition coefficient (Wildman–Crippen LogP) is 2.05. The fourth-order valence-corrected chi connectivity index (χ4v) is 3.19. The molecule has 0 aliphatic heterocycles. The van der Waals surface area contributed by atoms with Crippen LogP contribution in [0.2, 0.25) is 0 Å². The van der Waals surface area contributed by atoms with Crippen molar-refractivity contribution in [1.29, 1.82) is 5.26 Å². The fourth-order valence-electron chi connectivity index (χ4n) is 3.19. The Hall–Kier alpha value is -3.35. The number of anilines is 1. The molecule has 9 heteroatoms. The van der Waals surface area contributed by atoms with E-state index in [1.54, 1.807) is 17.0 Å². The molecule has 3 aromatic rings. The number of halogens is 2. The Bertz CT molecular complexity index is 987. The Morgan fingerprint density at radius 2 is 1.97 bits per heavy atom. The maximum absolute atomic E-state index is 14.5. The topological polar surface area (TPSA) is 104 Å². The lowest BCUT2D eigenvalue weighted by Gasteiger charge is -2.34. The van der Waals surface area contributed by atoms with E-state index in [0.29, 0.717) is 12.2 Å². The number of nitrogens with zero attached hydrogens (tertiary/aromatic N) is 5. The first-order valence-electron chi connectivity index (χ1n) is 8.84. The summed E-state index contributed by atoms with van der Waals surface area (Å²) >= 11 is 0. The molecule has 2 aromatic carbocycles. The summed E-state index contributed by atoms with van der Waals surface area (Å²) in [7, 11) is 0. The van der Waals surface area contributed by atoms with Crippen LogP contribution in [-0.2, 0) is 18.7 Å². The first-order valence-corrected chi connectivity index (χ1v) is 8.84. The van der Waals surface area contributed by atoms with Crippen LogP contribution in [0.15, 0.2) is 55.1 Å². The van der Waals surface area contributed by atoms with Gasteiger partial charge in [-0.25, -0.2) is 18.4 Å². The van der Waals surface area contributed by atoms with Crippen LogP contribution in [-0.4, -0.2) is 37.9 Å². The number of rotatable bonds is 8. The van der Waals surface area contributed by atoms with Gasteiger partial charge in [0.1, 0.15) is 29.9 Å². The smallest absolute Gasteiger partial charge is 0.137 e. The quantitative estimate of drug-likeness (QED) is 0.445. The van der Waals surface area contributed by atoms with Gasteiger partial charge in [-0.3, -0.25) is 4.90 Å². The molecule has 1 unspecified atom stereocenters. The highest BCUT2D eigenvalue weighted by atomic mass is 19.1. The minimum atomic E-state index is -1.78. The molecule has 1 atom stereocenters. The van der Waals surface area contributed by atoms with Crippen LogP contribution in [0.3, 0.4) is 0 Å². The third-order valence-corrected chi connectivity index (χ3v) is 4.49. The van der Waals surface area contributed by atoms with Gasteiger partial charge >= 0.3 is 0 Å². The molecule has 0 spiro atoms. The lowest BCUT2D eigenvalue weighted by Crippen LogP contribution is -2.44. The molecule has 3 rings (SSSR count). The minimum Gasteiger partial charge on any atom is -0.399 e. The number of aliphatic hydroxyl groups is 1. The van der Waals surface area contributed by atoms with E-state index in [2.05, 4.69) is 16.2 Å². The largest absolute Gasteiger partial charge is 0.399 e. The second-order valence-electron chi connectivity index (χ2n) is 6.79. The van der Waals surface area contributed by atoms with Gasteiger partial charge in [-0.2, -0.15) is 10.4 Å². The van der Waals surface area contributed by atoms with Crippen molar-refractivity contribution in [2.24, 2.45) is 0 Å². The van der Waals surface area contributed by atoms with Crippen molar-refractivity contribution < 1.29 is 13.9 Å². The van der Waals surface area contributed by atoms with Crippen molar-refractivity contribution in [2.45, 2.75) is 18.7 Å². The Morgan fingerprint density at radius 3 is 2.59 bits per heavy atom. The highest BCUT2D eigenvalue weighted by molar-refractivity contribution is 5.39. The molecule has 7 nitrogen and oxygen atoms in total. The molecule has 0 amide bonds. The standard InChI is InChI=1S/C20H20F2N6O/c21-16-3-6-18(19(22)9-16)20(29,12-28-14-25-13-26-28)11-27(8-7-23)10-15-1-4-17(24)5-2-15/h1-6,9,13-14,29H,8,10-12,24H2. The molecule has 0 aliphatic rings. The Labute approximate surface area is 166 Å². The zero-order valence-corrected chi connectivity index (χ0v) is 15.5. The van der Waals surface area contributed by atoms with E-state index >= 15 is 0 Å². The molecule has 1 aromatic heterocycles. The number of nitriles is 1. The van der Waals surface area contributed by atoms with Crippen molar-refractivity contribution in [3.05, 3.63) is 77.9 Å². The van der Waals surface area contributed by atoms with Gasteiger partial charge in [-0.05, 0) is 23.8 Å². The molecule has 0 radical (unpaired) electrons. The number of benzene rings is 2. The van der Waals surface area contributed by atoms with Crippen LogP contribution in [0, 0.1) is 23.0 Å². The zero-order chi connectivity index (χ0) is 20.9. The number of aromatic nitrogens is 3. The predicted molar refractivity (Wildman–Crippen MR) is 102 cm³/mol. The Kier molecular flexibility index (Phi) is 6.16. The second-order valence-corrected chi connectivity index (χ2v) is 6.79. The van der Waals surface area contributed by atoms with E-state index in [4.69, 9.17) is 5.73 Å². The van der Waals surface area contributed by atoms with Gasteiger partial charge in [0.05, 0.1) is 19.2 Å². The number of nitrogen functional groups attached to an aromatic ring is 1. The summed E-state index contributed by atoms with van der Waals surface area (Å²) in [4.78, 5) is 5.51. The monoisotopic (exact) mass is 398 g/mol. The van der Waals surface area contributed by atoms with Gasteiger partial charge in [-0.15, -0.1) is 0 Å². The van der Waals surface area contributed by atoms with E-state index in [9.17, 15) is 19.1 Å². The summed E-state index contributed by atoms with van der Waals surface area (Å²) in [6.07, 6.45) is 2.68. The van der Waals surface area contributed by atoms with E-state index in [1.807, 2.05) is 12.1 Å². The first kappa shape index (κ1) is 20.4. The van der Waals surface area contributed by atoms with E-state index in [1.165, 1.54) is 23.4 Å². The van der Waals surface area contributed by atoms with Gasteiger partial charge in [0.25, 0.3) is 0 Å². The highest BCUT2D eigenvalue weighted by Gasteiger charge is 2.35. The zero-order valence-electron chi connectivity index (χ0n) is 15.5. The maximum atomic E-state index is 14.5. The number of nitrogens with two attached hydrogens (primary N) is 1. The van der Waals surface area contributed by atoms with E-state index < -0.39 is 17.2 Å². The molecule has 0 fully saturated rings. The molecule has 0 saturated heterocycles. The van der Waals surface area contributed by atoms with Crippen LogP contribution < -0.4 is 5.73 Å². The summed E-state index contributed by atoms with van der Waals surface area (Å²) in [6.45, 7) is 0.107. The van der Waals surface area contributed by atoms with Crippen molar-refractivity contribution >= 4 is 5.69 Å². The van der Waals surface area contributed by atoms with Crippen LogP contribution in [0.5, 0.6) is 0 Å². The Balaban J connectivity index is 1.92. The van der Waals surface area contributed by atoms with Crippen LogP contribution >= 0.6 is 0 Å². The summed E-state index contributed by atoms with van der Waals surface area (Å²) in [5.41, 5.74) is 5.32. The molecular weight excluding hydrogens is 378 g/mol. The summed E-state index contributed by atoms with van der Waals surface area (Å²) < 4.78 is 29.3. The minimum absolute atomic E-state index is 0.00709. The molecule has 3 N–H and O–H groups in total. The normalized spacial score (nSPS) is 13.2. The third kappa shape index (κ3) is 5.13. The first-order chi connectivity index (χ1) is 13.9. The van der Waals surface area contributed by atoms with Gasteiger partial charge in [0.15, 0.2) is 0 Å². The summed E-state index contributed by atoms with van der Waals surface area (Å²) in [5, 5.41) is 24.6. The molecule has 0 aliphatic carbocycles. The van der Waals surface area contributed by atoms with Crippen molar-refractivity contribution in [3.8, 4) is 6.07 Å². The Morgan fingerprint density at radius 1 is 1.21 bits per heavy atom. The molecule has 150 valence electrons. The third-order valence-electron chi connectivity index (χ3n) is 4.49. The molecule has 0 saturated carbocycles. The van der Waals surface area contributed by atoms with E-state index in [-0.39, 0.29) is 25.2 Å². The maximum Gasteiger partial charge on any atom is 0.137 e. The lowest BCUT2D eigenvalue weighted by atomic mass is 9.92. The molecule has 29 heavy (non-hydrogen) atoms. The summed E-state index contributed by atoms with van der Waals surface area (Å²) in [6, 6.07) is 12.2. The van der Waals surface area contributed by atoms with Crippen LogP contribution in [0.25, 0.3) is 0 Å². The summed E-state index contributed by atoms with van der Waals surface area (Å²) in [5.74, 6) is -1.62. The lowest BCUT2D eigenvalue weighted by molar-refractivity contribution is -0.0206. The van der Waals surface area contributed by atoms with Crippen LogP contribution in [0.4, 0.5) is 14.5 Å². The molecule has 0 bridgehead atoms. The van der Waals surface area contributed by atoms with Gasteiger partial charge in [0, 0.05) is 30.4 Å². The highest BCUT2D eigenvalue weighted by Crippen LogP contribution is 2.28. The van der Waals surface area contributed by atoms with E-state index in [0.717, 1.165) is 17.7 Å². The number of hydrogen-bond acceptors (Lipinski definition) is 6. The van der Waals surface area contributed by atoms with Crippen molar-refractivity contribution in [2.75, 3.05) is 18.8 Å². The van der Waals surface area contributed by atoms with Crippen molar-refractivity contribution in [3.63, 3.8) is 0 Å². The van der Waals surface area contributed by atoms with Gasteiger partial charge < -0.3 is 10.8 Å². The molecular formula is C20H20F2N6O. The van der Waals surface area contributed by atoms with Gasteiger partial charge in [-0.1, -0.05) is 18.2 Å². The average molecular weight is 398 g/mol. The SMILES string of the molecule is N#CCN(Cc1ccc(N)cc1)CC(O)(Cn1cncn1)c1ccc(F)cc1F. The average Bonchev–Trinajstić information content (AvgIpc) is 3.16. The van der Waals surface area contributed by atoms with Crippen LogP contribution in [0.1, 0.15) is 11.1 Å². The molecule has 1 heterocycles. The second kappa shape index (κ2) is 8.77. The fraction of sp³-hybridized carbons (Fsp3) is 0.250. The van der Waals surface area contributed by atoms with Gasteiger partial charge in [0.2, 0.25) is 0 Å².